The van der Waals surface area contributed by atoms with Crippen molar-refractivity contribution in [3.8, 4) is 0 Å². The van der Waals surface area contributed by atoms with E-state index in [1.54, 1.807) is 0 Å². The van der Waals surface area contributed by atoms with Gasteiger partial charge in [0, 0.05) is 44.2 Å². The van der Waals surface area contributed by atoms with Gasteiger partial charge in [0.15, 0.2) is 0 Å². The van der Waals surface area contributed by atoms with Gasteiger partial charge in [-0.3, -0.25) is 0 Å². The summed E-state index contributed by atoms with van der Waals surface area (Å²) in [5.41, 5.74) is 0. The number of hydrogen-bond donors (Lipinski definition) is 0. The molecule has 0 aliphatic carbocycles. The molecular weight excluding hydrogens is 455 g/mol. The molecule has 0 unspecified atom stereocenters. The van der Waals surface area contributed by atoms with Gasteiger partial charge in [0.05, 0.1) is 20.6 Å². The van der Waals surface area contributed by atoms with Crippen molar-refractivity contribution in [2.45, 2.75) is 130 Å². The average Bonchev–Trinajstić information content (AvgIpc) is 2.26. The zero-order valence-electron chi connectivity index (χ0n) is 22.2. The summed E-state index contributed by atoms with van der Waals surface area (Å²) in [7, 11) is -4.10. The molecule has 0 amide bonds. The van der Waals surface area contributed by atoms with Crippen LogP contribution in [-0.2, 0) is 16.8 Å². The molecule has 0 spiro atoms. The average molecular weight is 510 g/mol. The molecule has 6 heteroatoms. The SMILES string of the molecule is CC(C)(C)[PH+](C[Si](C)(C)[N-][Si](C)(C)C[PH+](C(C)(C)C)C(C)(C)C)C(C)(C)C.[Co]. The van der Waals surface area contributed by atoms with Crippen molar-refractivity contribution in [3.63, 3.8) is 0 Å². The van der Waals surface area contributed by atoms with Crippen molar-refractivity contribution in [2.75, 3.05) is 11.6 Å². The predicted molar refractivity (Wildman–Crippen MR) is 144 cm³/mol. The minimum Gasteiger partial charge on any atom is -0.661 e. The monoisotopic (exact) mass is 509 g/mol. The number of rotatable bonds is 6. The van der Waals surface area contributed by atoms with E-state index in [0.29, 0.717) is 20.6 Å². The first-order valence-corrected chi connectivity index (χ1v) is 20.6. The third kappa shape index (κ3) is 11.4. The summed E-state index contributed by atoms with van der Waals surface area (Å²) in [6.45, 7) is 39.9. The molecule has 1 nitrogen and oxygen atoms in total. The summed E-state index contributed by atoms with van der Waals surface area (Å²) in [4.78, 5) is 0. The Morgan fingerprint density at radius 3 is 0.821 bits per heavy atom. The van der Waals surface area contributed by atoms with E-state index in [1.165, 1.54) is 11.6 Å². The fraction of sp³-hybridized carbons (Fsp3) is 1.00. The molecule has 0 aromatic heterocycles. The molecule has 0 rings (SSSR count). The van der Waals surface area contributed by atoms with Crippen LogP contribution in [0.15, 0.2) is 0 Å². The van der Waals surface area contributed by atoms with Crippen molar-refractivity contribution in [3.05, 3.63) is 4.65 Å². The largest absolute Gasteiger partial charge is 0.661 e. The van der Waals surface area contributed by atoms with Gasteiger partial charge in [-0.15, -0.1) is 0 Å². The van der Waals surface area contributed by atoms with E-state index in [1.807, 2.05) is 0 Å². The fourth-order valence-electron chi connectivity index (χ4n) is 5.07. The normalized spacial score (nSPS) is 15.2. The van der Waals surface area contributed by atoms with Gasteiger partial charge in [-0.1, -0.05) is 26.2 Å². The van der Waals surface area contributed by atoms with E-state index in [0.717, 1.165) is 0 Å². The molecule has 0 saturated heterocycles. The smallest absolute Gasteiger partial charge is 0.0694 e. The summed E-state index contributed by atoms with van der Waals surface area (Å²) in [6.07, 6.45) is 0. The summed E-state index contributed by atoms with van der Waals surface area (Å²) in [6, 6.07) is 0. The molecule has 0 heterocycles. The zero-order valence-corrected chi connectivity index (χ0v) is 27.2. The van der Waals surface area contributed by atoms with Gasteiger partial charge >= 0.3 is 0 Å². The van der Waals surface area contributed by atoms with Crippen LogP contribution in [0.25, 0.3) is 4.65 Å². The van der Waals surface area contributed by atoms with Crippen LogP contribution in [0.5, 0.6) is 0 Å². The van der Waals surface area contributed by atoms with Gasteiger partial charge in [0.25, 0.3) is 0 Å². The van der Waals surface area contributed by atoms with Crippen LogP contribution in [0.2, 0.25) is 26.2 Å². The van der Waals surface area contributed by atoms with Crippen LogP contribution >= 0.6 is 15.8 Å². The van der Waals surface area contributed by atoms with E-state index in [2.05, 4.69) is 109 Å². The summed E-state index contributed by atoms with van der Waals surface area (Å²) >= 11 is 0. The second-order valence-electron chi connectivity index (χ2n) is 14.0. The molecule has 0 fully saturated rings. The zero-order chi connectivity index (χ0) is 22.3. The maximum atomic E-state index is 5.80. The standard InChI is InChI=1S/C22H52NP2Si2.Co/c1-19(2,3)24(20(4,5)6)17-26(13,14)23-27(15,16)18-25(21(7,8)9)22(10,11)12;/h17-18H2,1-16H3;/q-1;/p+2. The number of nitrogens with zero attached hydrogens (tertiary/aromatic N) is 1. The first-order chi connectivity index (χ1) is 11.4. The minimum absolute atomic E-state index is 0. The third-order valence-corrected chi connectivity index (χ3v) is 27.3. The maximum absolute atomic E-state index is 5.80. The molecule has 0 aliphatic heterocycles. The molecule has 28 heavy (non-hydrogen) atoms. The first-order valence-electron chi connectivity index (χ1n) is 10.9. The second kappa shape index (κ2) is 10.1. The van der Waals surface area contributed by atoms with Crippen LogP contribution in [0, 0.1) is 0 Å². The van der Waals surface area contributed by atoms with Crippen molar-refractivity contribution < 1.29 is 16.8 Å². The number of hydrogen-bond acceptors (Lipinski definition) is 0. The van der Waals surface area contributed by atoms with Gasteiger partial charge in [-0.25, -0.2) is 0 Å². The Bertz CT molecular complexity index is 409. The van der Waals surface area contributed by atoms with Crippen molar-refractivity contribution >= 4 is 32.3 Å². The van der Waals surface area contributed by atoms with Crippen LogP contribution in [0.1, 0.15) is 83.1 Å². The van der Waals surface area contributed by atoms with Gasteiger partial charge < -0.3 is 4.65 Å². The molecule has 0 aliphatic rings. The molecule has 0 aromatic rings. The predicted octanol–water partition coefficient (Wildman–Crippen LogP) is 8.47. The van der Waals surface area contributed by atoms with Crippen molar-refractivity contribution in [2.24, 2.45) is 0 Å². The second-order valence-corrected chi connectivity index (χ2v) is 32.9. The molecule has 0 N–H and O–H groups in total. The summed E-state index contributed by atoms with van der Waals surface area (Å²) in [5.74, 6) is 2.85. The van der Waals surface area contributed by atoms with Crippen molar-refractivity contribution in [1.29, 1.82) is 0 Å². The summed E-state index contributed by atoms with van der Waals surface area (Å²) < 4.78 is 5.80. The van der Waals surface area contributed by atoms with E-state index in [-0.39, 0.29) is 16.8 Å². The quantitative estimate of drug-likeness (QED) is 0.252. The molecule has 0 saturated carbocycles. The van der Waals surface area contributed by atoms with Crippen LogP contribution < -0.4 is 0 Å². The van der Waals surface area contributed by atoms with Gasteiger partial charge in [-0.05, 0) is 99.6 Å². The Balaban J connectivity index is 0. The maximum Gasteiger partial charge on any atom is 0.0694 e. The Labute approximate surface area is 194 Å². The molecule has 0 aromatic carbocycles. The first kappa shape index (κ1) is 31.9. The Hall–Kier alpha value is 1.76. The Morgan fingerprint density at radius 2 is 0.679 bits per heavy atom. The topological polar surface area (TPSA) is 14.1 Å². The van der Waals surface area contributed by atoms with Gasteiger partial charge in [0.2, 0.25) is 0 Å². The van der Waals surface area contributed by atoms with Crippen LogP contribution in [-0.4, -0.2) is 48.7 Å². The Morgan fingerprint density at radius 1 is 0.500 bits per heavy atom. The van der Waals surface area contributed by atoms with E-state index in [9.17, 15) is 0 Å². The van der Waals surface area contributed by atoms with E-state index in [4.69, 9.17) is 4.65 Å². The fourth-order valence-corrected chi connectivity index (χ4v) is 33.6. The Kier molecular flexibility index (Phi) is 11.6. The molecule has 1 radical (unpaired) electrons. The summed E-state index contributed by atoms with van der Waals surface area (Å²) in [5, 5.41) is 1.78. The third-order valence-electron chi connectivity index (χ3n) is 5.45. The van der Waals surface area contributed by atoms with Crippen LogP contribution in [0.4, 0.5) is 0 Å². The van der Waals surface area contributed by atoms with Gasteiger partial charge in [-0.2, -0.15) is 0 Å². The van der Waals surface area contributed by atoms with Crippen LogP contribution in [0.3, 0.4) is 0 Å². The van der Waals surface area contributed by atoms with Gasteiger partial charge in [0.1, 0.15) is 0 Å². The molecule has 173 valence electrons. The van der Waals surface area contributed by atoms with E-state index < -0.39 is 32.3 Å². The molecule has 0 atom stereocenters. The molecule has 0 bridgehead atoms. The van der Waals surface area contributed by atoms with E-state index >= 15 is 0 Å². The minimum atomic E-state index is -1.56. The molecular formula is C22H54CoNP2Si2+. The van der Waals surface area contributed by atoms with Crippen molar-refractivity contribution in [1.82, 2.24) is 0 Å².